The molecule has 2 N–H and O–H groups in total. The summed E-state index contributed by atoms with van der Waals surface area (Å²) in [6.07, 6.45) is -1.26. The van der Waals surface area contributed by atoms with E-state index in [-0.39, 0.29) is 13.0 Å². The third kappa shape index (κ3) is 8.42. The minimum atomic E-state index is -0.989. The molecule has 6 nitrogen and oxygen atoms in total. The van der Waals surface area contributed by atoms with E-state index >= 15 is 0 Å². The van der Waals surface area contributed by atoms with Gasteiger partial charge in [0.15, 0.2) is 0 Å². The van der Waals surface area contributed by atoms with E-state index in [0.717, 1.165) is 0 Å². The maximum absolute atomic E-state index is 11.6. The first-order chi connectivity index (χ1) is 8.69. The van der Waals surface area contributed by atoms with E-state index in [1.54, 1.807) is 34.6 Å². The number of aliphatic hydroxyl groups is 1. The third-order valence-electron chi connectivity index (χ3n) is 2.29. The maximum atomic E-state index is 11.6. The Balaban J connectivity index is 4.33. The minimum absolute atomic E-state index is 0.151. The van der Waals surface area contributed by atoms with Crippen molar-refractivity contribution >= 4 is 12.1 Å². The molecule has 1 unspecified atom stereocenters. The molecule has 0 saturated heterocycles. The van der Waals surface area contributed by atoms with Crippen molar-refractivity contribution in [3.63, 3.8) is 0 Å². The highest BCUT2D eigenvalue weighted by molar-refractivity contribution is 5.71. The zero-order valence-electron chi connectivity index (χ0n) is 12.4. The van der Waals surface area contributed by atoms with Gasteiger partial charge in [-0.25, -0.2) is 4.79 Å². The lowest BCUT2D eigenvalue weighted by atomic mass is 10.1. The Kier molecular flexibility index (Phi) is 7.44. The second-order valence-electron chi connectivity index (χ2n) is 5.24. The number of ether oxygens (including phenoxy) is 2. The Bertz CT molecular complexity index is 298. The van der Waals surface area contributed by atoms with Gasteiger partial charge in [-0.1, -0.05) is 6.92 Å². The van der Waals surface area contributed by atoms with Crippen LogP contribution in [0.25, 0.3) is 0 Å². The van der Waals surface area contributed by atoms with Crippen molar-refractivity contribution in [1.29, 1.82) is 0 Å². The van der Waals surface area contributed by atoms with Gasteiger partial charge in [-0.2, -0.15) is 0 Å². The number of alkyl carbamates (subject to hydrolysis) is 1. The molecular formula is C13H25NO5. The molecule has 0 aliphatic carbocycles. The van der Waals surface area contributed by atoms with Gasteiger partial charge in [0.2, 0.25) is 0 Å². The van der Waals surface area contributed by atoms with Crippen molar-refractivity contribution in [2.24, 2.45) is 0 Å². The highest BCUT2D eigenvalue weighted by Crippen LogP contribution is 2.09. The summed E-state index contributed by atoms with van der Waals surface area (Å²) in [5, 5.41) is 12.4. The van der Waals surface area contributed by atoms with E-state index in [0.29, 0.717) is 6.42 Å². The van der Waals surface area contributed by atoms with Crippen molar-refractivity contribution in [1.82, 2.24) is 5.32 Å². The zero-order chi connectivity index (χ0) is 15.1. The summed E-state index contributed by atoms with van der Waals surface area (Å²) in [4.78, 5) is 22.8. The molecule has 0 rings (SSSR count). The van der Waals surface area contributed by atoms with Gasteiger partial charge in [0.05, 0.1) is 25.2 Å². The van der Waals surface area contributed by atoms with Crippen LogP contribution in [0.15, 0.2) is 0 Å². The fraction of sp³-hybridized carbons (Fsp3) is 0.846. The van der Waals surface area contributed by atoms with Crippen molar-refractivity contribution in [2.45, 2.75) is 65.2 Å². The Hall–Kier alpha value is -1.30. The lowest BCUT2D eigenvalue weighted by molar-refractivity contribution is -0.145. The Labute approximate surface area is 114 Å². The number of hydrogen-bond acceptors (Lipinski definition) is 5. The summed E-state index contributed by atoms with van der Waals surface area (Å²) in [6.45, 7) is 9.02. The largest absolute Gasteiger partial charge is 0.466 e. The second kappa shape index (κ2) is 7.99. The van der Waals surface area contributed by atoms with Crippen molar-refractivity contribution in [3.8, 4) is 0 Å². The summed E-state index contributed by atoms with van der Waals surface area (Å²) >= 11 is 0. The molecule has 0 bridgehead atoms. The Morgan fingerprint density at radius 2 is 1.84 bits per heavy atom. The predicted molar refractivity (Wildman–Crippen MR) is 70.7 cm³/mol. The standard InChI is InChI=1S/C13H25NO5/c1-6-9(10(15)8-11(16)18-7-2)14-12(17)19-13(3,4)5/h9-10,15H,6-8H2,1-5H3,(H,14,17)/t9-,10?/m0/s1. The molecular weight excluding hydrogens is 250 g/mol. The lowest BCUT2D eigenvalue weighted by Gasteiger charge is -2.25. The van der Waals surface area contributed by atoms with Gasteiger partial charge < -0.3 is 19.9 Å². The lowest BCUT2D eigenvalue weighted by Crippen LogP contribution is -2.45. The summed E-state index contributed by atoms with van der Waals surface area (Å²) in [5.74, 6) is -0.487. The van der Waals surface area contributed by atoms with E-state index in [2.05, 4.69) is 5.32 Å². The first-order valence-electron chi connectivity index (χ1n) is 6.52. The van der Waals surface area contributed by atoms with Crippen LogP contribution < -0.4 is 5.32 Å². The van der Waals surface area contributed by atoms with Gasteiger partial charge in [0.1, 0.15) is 5.60 Å². The van der Waals surface area contributed by atoms with Crippen LogP contribution in [-0.2, 0) is 14.3 Å². The molecule has 0 spiro atoms. The fourth-order valence-corrected chi connectivity index (χ4v) is 1.46. The monoisotopic (exact) mass is 275 g/mol. The average molecular weight is 275 g/mol. The molecule has 0 heterocycles. The number of hydrogen-bond donors (Lipinski definition) is 2. The quantitative estimate of drug-likeness (QED) is 0.719. The Morgan fingerprint density at radius 1 is 1.26 bits per heavy atom. The molecule has 6 heteroatoms. The Morgan fingerprint density at radius 3 is 2.26 bits per heavy atom. The summed E-state index contributed by atoms with van der Waals surface area (Å²) in [6, 6.07) is -0.542. The van der Waals surface area contributed by atoms with Crippen LogP contribution in [-0.4, -0.2) is 41.5 Å². The molecule has 0 saturated carbocycles. The number of carbonyl (C=O) groups is 2. The van der Waals surface area contributed by atoms with Gasteiger partial charge in [0, 0.05) is 0 Å². The van der Waals surface area contributed by atoms with Crippen LogP contribution in [0.3, 0.4) is 0 Å². The number of aliphatic hydroxyl groups excluding tert-OH is 1. The maximum Gasteiger partial charge on any atom is 0.407 e. The summed E-state index contributed by atoms with van der Waals surface area (Å²) < 4.78 is 9.85. The van der Waals surface area contributed by atoms with Crippen LogP contribution in [0, 0.1) is 0 Å². The van der Waals surface area contributed by atoms with Gasteiger partial charge >= 0.3 is 12.1 Å². The van der Waals surface area contributed by atoms with Gasteiger partial charge in [-0.15, -0.1) is 0 Å². The minimum Gasteiger partial charge on any atom is -0.466 e. The SMILES string of the molecule is CCOC(=O)CC(O)[C@H](CC)NC(=O)OC(C)(C)C. The topological polar surface area (TPSA) is 84.9 Å². The predicted octanol–water partition coefficient (Wildman–Crippen LogP) is 1.60. The molecule has 19 heavy (non-hydrogen) atoms. The van der Waals surface area contributed by atoms with Gasteiger partial charge in [-0.3, -0.25) is 4.79 Å². The highest BCUT2D eigenvalue weighted by atomic mass is 16.6. The third-order valence-corrected chi connectivity index (χ3v) is 2.29. The molecule has 0 radical (unpaired) electrons. The molecule has 0 aliphatic heterocycles. The smallest absolute Gasteiger partial charge is 0.407 e. The van der Waals surface area contributed by atoms with Crippen LogP contribution in [0.5, 0.6) is 0 Å². The normalized spacial score (nSPS) is 14.4. The average Bonchev–Trinajstić information content (AvgIpc) is 2.23. The zero-order valence-corrected chi connectivity index (χ0v) is 12.4. The second-order valence-corrected chi connectivity index (χ2v) is 5.24. The number of carbonyl (C=O) groups excluding carboxylic acids is 2. The number of nitrogens with one attached hydrogen (secondary N) is 1. The summed E-state index contributed by atoms with van der Waals surface area (Å²) in [5.41, 5.74) is -0.603. The highest BCUT2D eigenvalue weighted by Gasteiger charge is 2.25. The van der Waals surface area contributed by atoms with Crippen molar-refractivity contribution in [3.05, 3.63) is 0 Å². The first kappa shape index (κ1) is 17.7. The van der Waals surface area contributed by atoms with Crippen LogP contribution >= 0.6 is 0 Å². The van der Waals surface area contributed by atoms with Crippen LogP contribution in [0.1, 0.15) is 47.5 Å². The van der Waals surface area contributed by atoms with E-state index in [1.165, 1.54) is 0 Å². The molecule has 0 aromatic heterocycles. The fourth-order valence-electron chi connectivity index (χ4n) is 1.46. The molecule has 2 atom stereocenters. The van der Waals surface area contributed by atoms with E-state index in [4.69, 9.17) is 9.47 Å². The molecule has 0 aromatic rings. The first-order valence-corrected chi connectivity index (χ1v) is 6.52. The van der Waals surface area contributed by atoms with E-state index < -0.39 is 29.8 Å². The number of rotatable bonds is 6. The summed E-state index contributed by atoms with van der Waals surface area (Å²) in [7, 11) is 0. The van der Waals surface area contributed by atoms with E-state index in [1.807, 2.05) is 0 Å². The van der Waals surface area contributed by atoms with Crippen LogP contribution in [0.2, 0.25) is 0 Å². The van der Waals surface area contributed by atoms with Crippen LogP contribution in [0.4, 0.5) is 4.79 Å². The van der Waals surface area contributed by atoms with Gasteiger partial charge in [-0.05, 0) is 34.1 Å². The molecule has 0 aromatic carbocycles. The molecule has 1 amide bonds. The number of esters is 1. The molecule has 0 fully saturated rings. The molecule has 0 aliphatic rings. The molecule has 112 valence electrons. The van der Waals surface area contributed by atoms with E-state index in [9.17, 15) is 14.7 Å². The van der Waals surface area contributed by atoms with Crippen molar-refractivity contribution < 1.29 is 24.2 Å². The van der Waals surface area contributed by atoms with Crippen molar-refractivity contribution in [2.75, 3.05) is 6.61 Å². The van der Waals surface area contributed by atoms with Gasteiger partial charge in [0.25, 0.3) is 0 Å². The number of amides is 1.